The maximum absolute atomic E-state index is 10.3. The molecule has 5 heteroatoms. The minimum Gasteiger partial charge on any atom is -0.497 e. The molecule has 2 aromatic rings. The van der Waals surface area contributed by atoms with Gasteiger partial charge in [0.05, 0.1) is 19.4 Å². The molecule has 1 aromatic carbocycles. The topological polar surface area (TPSA) is 56.5 Å². The molecule has 20 heavy (non-hydrogen) atoms. The van der Waals surface area contributed by atoms with Crippen LogP contribution < -0.4 is 9.47 Å². The van der Waals surface area contributed by atoms with Gasteiger partial charge in [0.2, 0.25) is 0 Å². The zero-order valence-corrected chi connectivity index (χ0v) is 11.8. The molecule has 0 saturated heterocycles. The summed E-state index contributed by atoms with van der Waals surface area (Å²) in [4.78, 5) is 0. The van der Waals surface area contributed by atoms with Crippen molar-refractivity contribution in [3.05, 3.63) is 41.2 Å². The highest BCUT2D eigenvalue weighted by molar-refractivity contribution is 5.44. The van der Waals surface area contributed by atoms with E-state index in [1.165, 1.54) is 0 Å². The molecule has 5 nitrogen and oxygen atoms in total. The van der Waals surface area contributed by atoms with Crippen LogP contribution in [0.2, 0.25) is 0 Å². The molecule has 1 aromatic heterocycles. The van der Waals surface area contributed by atoms with Gasteiger partial charge in [-0.3, -0.25) is 4.68 Å². The zero-order chi connectivity index (χ0) is 14.3. The molecule has 2 heterocycles. The maximum atomic E-state index is 10.3. The number of ether oxygens (including phenoxy) is 2. The fourth-order valence-electron chi connectivity index (χ4n) is 2.57. The Kier molecular flexibility index (Phi) is 3.14. The van der Waals surface area contributed by atoms with Gasteiger partial charge in [0, 0.05) is 36.4 Å². The molecule has 1 N–H and O–H groups in total. The molecule has 106 valence electrons. The highest BCUT2D eigenvalue weighted by atomic mass is 16.5. The van der Waals surface area contributed by atoms with Gasteiger partial charge in [-0.2, -0.15) is 5.10 Å². The normalized spacial score (nSPS) is 21.2. The van der Waals surface area contributed by atoms with Crippen LogP contribution in [0.1, 0.15) is 35.4 Å². The molecule has 2 unspecified atom stereocenters. The minimum absolute atomic E-state index is 0.182. The van der Waals surface area contributed by atoms with Crippen LogP contribution in [0.3, 0.4) is 0 Å². The van der Waals surface area contributed by atoms with Gasteiger partial charge in [-0.25, -0.2) is 0 Å². The monoisotopic (exact) mass is 274 g/mol. The molecule has 1 aliphatic heterocycles. The standard InChI is InChI=1S/C15H18N2O3/c1-9-12(8-16-17(9)2)15-7-13(18)11-5-4-10(19-3)6-14(11)20-15/h4-6,8,13,15,18H,7H2,1-3H3. The number of benzene rings is 1. The number of aliphatic hydroxyl groups excluding tert-OH is 1. The lowest BCUT2D eigenvalue weighted by Crippen LogP contribution is -2.19. The van der Waals surface area contributed by atoms with Gasteiger partial charge in [-0.15, -0.1) is 0 Å². The van der Waals surface area contributed by atoms with E-state index in [-0.39, 0.29) is 6.10 Å². The minimum atomic E-state index is -0.533. The van der Waals surface area contributed by atoms with Crippen molar-refractivity contribution in [2.45, 2.75) is 25.6 Å². The van der Waals surface area contributed by atoms with Crippen LogP contribution in [0, 0.1) is 6.92 Å². The van der Waals surface area contributed by atoms with E-state index < -0.39 is 6.10 Å². The second kappa shape index (κ2) is 4.83. The van der Waals surface area contributed by atoms with Crippen LogP contribution in [-0.2, 0) is 7.05 Å². The number of aliphatic hydroxyl groups is 1. The van der Waals surface area contributed by atoms with Gasteiger partial charge in [0.1, 0.15) is 17.6 Å². The molecule has 3 rings (SSSR count). The van der Waals surface area contributed by atoms with Crippen molar-refractivity contribution < 1.29 is 14.6 Å². The number of nitrogens with zero attached hydrogens (tertiary/aromatic N) is 2. The highest BCUT2D eigenvalue weighted by Crippen LogP contribution is 2.42. The van der Waals surface area contributed by atoms with Crippen molar-refractivity contribution in [3.8, 4) is 11.5 Å². The lowest BCUT2D eigenvalue weighted by Gasteiger charge is -2.29. The summed E-state index contributed by atoms with van der Waals surface area (Å²) in [6, 6.07) is 5.50. The first-order valence-electron chi connectivity index (χ1n) is 6.61. The number of aryl methyl sites for hydroxylation is 1. The van der Waals surface area contributed by atoms with Gasteiger partial charge in [0.25, 0.3) is 0 Å². The zero-order valence-electron chi connectivity index (χ0n) is 11.8. The summed E-state index contributed by atoms with van der Waals surface area (Å²) < 4.78 is 13.0. The molecule has 1 aliphatic rings. The summed E-state index contributed by atoms with van der Waals surface area (Å²) in [6.07, 6.45) is 1.62. The van der Waals surface area contributed by atoms with Gasteiger partial charge >= 0.3 is 0 Å². The van der Waals surface area contributed by atoms with Gasteiger partial charge in [0.15, 0.2) is 0 Å². The van der Waals surface area contributed by atoms with E-state index in [9.17, 15) is 5.11 Å². The van der Waals surface area contributed by atoms with E-state index in [1.54, 1.807) is 13.3 Å². The Balaban J connectivity index is 1.97. The average Bonchev–Trinajstić information content (AvgIpc) is 2.78. The number of methoxy groups -OCH3 is 1. The fourth-order valence-corrected chi connectivity index (χ4v) is 2.57. The van der Waals surface area contributed by atoms with Crippen LogP contribution in [0.4, 0.5) is 0 Å². The van der Waals surface area contributed by atoms with E-state index in [0.717, 1.165) is 22.6 Å². The fraction of sp³-hybridized carbons (Fsp3) is 0.400. The number of hydrogen-bond donors (Lipinski definition) is 1. The van der Waals surface area contributed by atoms with Crippen molar-refractivity contribution in [1.82, 2.24) is 9.78 Å². The summed E-state index contributed by atoms with van der Waals surface area (Å²) in [5, 5.41) is 14.5. The third-order valence-electron chi connectivity index (χ3n) is 3.91. The van der Waals surface area contributed by atoms with Crippen LogP contribution in [-0.4, -0.2) is 22.0 Å². The Hall–Kier alpha value is -2.01. The summed E-state index contributed by atoms with van der Waals surface area (Å²) in [5.41, 5.74) is 2.87. The van der Waals surface area contributed by atoms with Crippen molar-refractivity contribution in [1.29, 1.82) is 0 Å². The Morgan fingerprint density at radius 3 is 2.85 bits per heavy atom. The maximum Gasteiger partial charge on any atom is 0.130 e. The van der Waals surface area contributed by atoms with E-state index in [4.69, 9.17) is 9.47 Å². The van der Waals surface area contributed by atoms with Crippen LogP contribution in [0.15, 0.2) is 24.4 Å². The number of fused-ring (bicyclic) bond motifs is 1. The Bertz CT molecular complexity index is 636. The van der Waals surface area contributed by atoms with Crippen molar-refractivity contribution >= 4 is 0 Å². The van der Waals surface area contributed by atoms with Crippen LogP contribution in [0.5, 0.6) is 11.5 Å². The van der Waals surface area contributed by atoms with Crippen molar-refractivity contribution in [2.24, 2.45) is 7.05 Å². The molecule has 2 atom stereocenters. The van der Waals surface area contributed by atoms with Gasteiger partial charge in [-0.1, -0.05) is 0 Å². The van der Waals surface area contributed by atoms with Crippen LogP contribution >= 0.6 is 0 Å². The predicted molar refractivity (Wildman–Crippen MR) is 73.9 cm³/mol. The summed E-state index contributed by atoms with van der Waals surface area (Å²) in [6.45, 7) is 2.00. The summed E-state index contributed by atoms with van der Waals surface area (Å²) in [7, 11) is 3.51. The largest absolute Gasteiger partial charge is 0.497 e. The molecular weight excluding hydrogens is 256 g/mol. The van der Waals surface area contributed by atoms with Crippen molar-refractivity contribution in [2.75, 3.05) is 7.11 Å². The summed E-state index contributed by atoms with van der Waals surface area (Å²) in [5.74, 6) is 1.40. The molecule has 0 spiro atoms. The van der Waals surface area contributed by atoms with Crippen LogP contribution in [0.25, 0.3) is 0 Å². The molecule has 0 saturated carbocycles. The van der Waals surface area contributed by atoms with E-state index in [1.807, 2.05) is 36.9 Å². The van der Waals surface area contributed by atoms with Gasteiger partial charge in [-0.05, 0) is 19.1 Å². The lowest BCUT2D eigenvalue weighted by molar-refractivity contribution is 0.0651. The smallest absolute Gasteiger partial charge is 0.130 e. The Morgan fingerprint density at radius 1 is 1.40 bits per heavy atom. The second-order valence-corrected chi connectivity index (χ2v) is 5.07. The number of rotatable bonds is 2. The molecule has 0 bridgehead atoms. The van der Waals surface area contributed by atoms with Gasteiger partial charge < -0.3 is 14.6 Å². The average molecular weight is 274 g/mol. The van der Waals surface area contributed by atoms with E-state index >= 15 is 0 Å². The first-order chi connectivity index (χ1) is 9.60. The second-order valence-electron chi connectivity index (χ2n) is 5.07. The third kappa shape index (κ3) is 2.04. The first-order valence-corrected chi connectivity index (χ1v) is 6.61. The first kappa shape index (κ1) is 13.0. The van der Waals surface area contributed by atoms with E-state index in [0.29, 0.717) is 12.2 Å². The predicted octanol–water partition coefficient (Wildman–Crippen LogP) is 2.29. The molecule has 0 fully saturated rings. The lowest BCUT2D eigenvalue weighted by atomic mass is 9.95. The molecule has 0 radical (unpaired) electrons. The number of aromatic nitrogens is 2. The quantitative estimate of drug-likeness (QED) is 0.913. The molecule has 0 aliphatic carbocycles. The third-order valence-corrected chi connectivity index (χ3v) is 3.91. The molecular formula is C15H18N2O3. The number of hydrogen-bond acceptors (Lipinski definition) is 4. The Labute approximate surface area is 117 Å². The summed E-state index contributed by atoms with van der Waals surface area (Å²) >= 11 is 0. The SMILES string of the molecule is COc1ccc2c(c1)OC(c1cnn(C)c1C)CC2O. The molecule has 0 amide bonds. The van der Waals surface area contributed by atoms with E-state index in [2.05, 4.69) is 5.10 Å². The van der Waals surface area contributed by atoms with Crippen molar-refractivity contribution in [3.63, 3.8) is 0 Å². The highest BCUT2D eigenvalue weighted by Gasteiger charge is 2.30. The Morgan fingerprint density at radius 2 is 2.20 bits per heavy atom.